The number of anilines is 1. The normalized spacial score (nSPS) is 12.8. The number of allylic oxidation sites excluding steroid dienone is 2. The first-order chi connectivity index (χ1) is 17.8. The molecule has 0 unspecified atom stereocenters. The summed E-state index contributed by atoms with van der Waals surface area (Å²) < 4.78 is 37.5. The Morgan fingerprint density at radius 1 is 0.649 bits per heavy atom. The van der Waals surface area contributed by atoms with Crippen LogP contribution in [-0.4, -0.2) is 81.1 Å². The molecule has 0 saturated heterocycles. The van der Waals surface area contributed by atoms with Crippen molar-refractivity contribution in [2.45, 2.75) is 0 Å². The van der Waals surface area contributed by atoms with Crippen LogP contribution in [0.3, 0.4) is 0 Å². The molecule has 1 aliphatic rings. The lowest BCUT2D eigenvalue weighted by Crippen LogP contribution is -2.18. The summed E-state index contributed by atoms with van der Waals surface area (Å²) in [5.41, 5.74) is 4.67. The van der Waals surface area contributed by atoms with Crippen LogP contribution in [0.25, 0.3) is 5.57 Å². The third-order valence-corrected chi connectivity index (χ3v) is 6.19. The number of rotatable bonds is 9. The van der Waals surface area contributed by atoms with Crippen LogP contribution >= 0.6 is 0 Å². The number of hydrogen-bond donors (Lipinski definition) is 0. The Kier molecular flexibility index (Phi) is 8.76. The molecular weight excluding hydrogens is 472 g/mol. The summed E-state index contributed by atoms with van der Waals surface area (Å²) >= 11 is 0. The van der Waals surface area contributed by atoms with Crippen LogP contribution < -0.4 is 23.8 Å². The summed E-state index contributed by atoms with van der Waals surface area (Å²) in [6.45, 7) is 0. The number of nitrogens with zero attached hydrogens (tertiary/aromatic N) is 2. The summed E-state index contributed by atoms with van der Waals surface area (Å²) in [6, 6.07) is 9.59. The Bertz CT molecular complexity index is 1210. The fourth-order valence-electron chi connectivity index (χ4n) is 4.28. The molecule has 0 N–H and O–H groups in total. The highest BCUT2D eigenvalue weighted by atomic mass is 16.5. The van der Waals surface area contributed by atoms with Gasteiger partial charge in [0.2, 0.25) is 5.71 Å². The van der Waals surface area contributed by atoms with Gasteiger partial charge < -0.3 is 33.3 Å². The minimum absolute atomic E-state index is 0.604. The SMILES string of the molecule is COC1=CC(=[N+](C)C)C=C(OC)C1=C(c1c(OC)cccc1OC)c1c(OC)cc(N(C)C)cc1OC. The molecule has 1 aliphatic carbocycles. The van der Waals surface area contributed by atoms with E-state index in [0.717, 1.165) is 11.4 Å². The average Bonchev–Trinajstić information content (AvgIpc) is 2.92. The Morgan fingerprint density at radius 2 is 1.08 bits per heavy atom. The lowest BCUT2D eigenvalue weighted by atomic mass is 9.86. The Morgan fingerprint density at radius 3 is 1.43 bits per heavy atom. The van der Waals surface area contributed by atoms with Gasteiger partial charge in [0.25, 0.3) is 0 Å². The van der Waals surface area contributed by atoms with E-state index in [9.17, 15) is 0 Å². The van der Waals surface area contributed by atoms with E-state index in [1.807, 2.05) is 80.1 Å². The van der Waals surface area contributed by atoms with Gasteiger partial charge in [-0.2, -0.15) is 0 Å². The lowest BCUT2D eigenvalue weighted by Gasteiger charge is -2.27. The van der Waals surface area contributed by atoms with Crippen molar-refractivity contribution < 1.29 is 33.0 Å². The molecule has 2 aromatic carbocycles. The van der Waals surface area contributed by atoms with Crippen LogP contribution in [0.5, 0.6) is 23.0 Å². The quantitative estimate of drug-likeness (QED) is 0.465. The van der Waals surface area contributed by atoms with E-state index >= 15 is 0 Å². The lowest BCUT2D eigenvalue weighted by molar-refractivity contribution is -0.462. The Labute approximate surface area is 219 Å². The topological polar surface area (TPSA) is 61.6 Å². The predicted molar refractivity (Wildman–Crippen MR) is 147 cm³/mol. The smallest absolute Gasteiger partial charge is 0.206 e. The zero-order valence-electron chi connectivity index (χ0n) is 23.4. The van der Waals surface area contributed by atoms with Gasteiger partial charge in [0, 0.05) is 37.5 Å². The third kappa shape index (κ3) is 5.23. The highest BCUT2D eigenvalue weighted by molar-refractivity contribution is 6.06. The molecular formula is C29H37N2O6+. The maximum atomic E-state index is 5.96. The minimum atomic E-state index is 0.604. The van der Waals surface area contributed by atoms with Gasteiger partial charge in [-0.15, -0.1) is 0 Å². The minimum Gasteiger partial charge on any atom is -0.496 e. The van der Waals surface area contributed by atoms with Crippen molar-refractivity contribution in [2.24, 2.45) is 0 Å². The monoisotopic (exact) mass is 509 g/mol. The van der Waals surface area contributed by atoms with Crippen molar-refractivity contribution in [1.29, 1.82) is 0 Å². The molecule has 2 aromatic rings. The molecule has 0 heterocycles. The van der Waals surface area contributed by atoms with Crippen molar-refractivity contribution in [3.05, 3.63) is 70.7 Å². The van der Waals surface area contributed by atoms with E-state index in [2.05, 4.69) is 0 Å². The van der Waals surface area contributed by atoms with Crippen molar-refractivity contribution in [3.63, 3.8) is 0 Å². The standard InChI is InChI=1S/C29H37N2O6/c1-30(2)18-14-22(34-7)27(23(15-18)35-8)29(26-20(32-5)12-11-13-21(26)33-6)28-24(36-9)16-19(31(3)4)17-25(28)37-10/h11-17H,1-10H3/q+1. The molecule has 0 aromatic heterocycles. The van der Waals surface area contributed by atoms with Gasteiger partial charge in [-0.05, 0) is 12.1 Å². The molecule has 198 valence electrons. The van der Waals surface area contributed by atoms with E-state index in [0.29, 0.717) is 56.8 Å². The molecule has 0 amide bonds. The predicted octanol–water partition coefficient (Wildman–Crippen LogP) is 4.38. The van der Waals surface area contributed by atoms with E-state index < -0.39 is 0 Å². The van der Waals surface area contributed by atoms with Gasteiger partial charge in [-0.1, -0.05) is 6.07 Å². The largest absolute Gasteiger partial charge is 0.496 e. The molecule has 8 nitrogen and oxygen atoms in total. The van der Waals surface area contributed by atoms with Crippen LogP contribution in [0, 0.1) is 0 Å². The summed E-state index contributed by atoms with van der Waals surface area (Å²) in [7, 11) is 17.7. The maximum Gasteiger partial charge on any atom is 0.206 e. The average molecular weight is 510 g/mol. The first-order valence-corrected chi connectivity index (χ1v) is 11.7. The van der Waals surface area contributed by atoms with Gasteiger partial charge in [0.15, 0.2) is 0 Å². The van der Waals surface area contributed by atoms with Crippen molar-refractivity contribution in [3.8, 4) is 23.0 Å². The van der Waals surface area contributed by atoms with E-state index in [-0.39, 0.29) is 0 Å². The van der Waals surface area contributed by atoms with E-state index in [1.54, 1.807) is 42.7 Å². The van der Waals surface area contributed by atoms with Gasteiger partial charge in [-0.25, -0.2) is 4.58 Å². The summed E-state index contributed by atoms with van der Waals surface area (Å²) in [5, 5.41) is 0. The second-order valence-electron chi connectivity index (χ2n) is 8.65. The van der Waals surface area contributed by atoms with E-state index in [4.69, 9.17) is 28.4 Å². The van der Waals surface area contributed by atoms with Crippen molar-refractivity contribution in [1.82, 2.24) is 0 Å². The van der Waals surface area contributed by atoms with Crippen molar-refractivity contribution >= 4 is 17.0 Å². The van der Waals surface area contributed by atoms with Crippen molar-refractivity contribution in [2.75, 3.05) is 75.7 Å². The number of benzene rings is 2. The zero-order chi connectivity index (χ0) is 27.3. The van der Waals surface area contributed by atoms with Crippen LogP contribution in [0.4, 0.5) is 5.69 Å². The van der Waals surface area contributed by atoms with E-state index in [1.165, 1.54) is 0 Å². The zero-order valence-corrected chi connectivity index (χ0v) is 23.4. The van der Waals surface area contributed by atoms with Crippen LogP contribution in [0.2, 0.25) is 0 Å². The molecule has 8 heteroatoms. The summed E-state index contributed by atoms with van der Waals surface area (Å²) in [6.07, 6.45) is 3.93. The molecule has 0 fully saturated rings. The number of ether oxygens (including phenoxy) is 6. The molecule has 0 spiro atoms. The highest BCUT2D eigenvalue weighted by Gasteiger charge is 2.33. The molecule has 0 bridgehead atoms. The molecule has 37 heavy (non-hydrogen) atoms. The molecule has 0 aliphatic heterocycles. The van der Waals surface area contributed by atoms with Crippen LogP contribution in [-0.2, 0) is 9.47 Å². The van der Waals surface area contributed by atoms with Gasteiger partial charge in [0.05, 0.1) is 71.5 Å². The molecule has 3 rings (SSSR count). The van der Waals surface area contributed by atoms with Gasteiger partial charge in [-0.3, -0.25) is 0 Å². The Balaban J connectivity index is 2.65. The number of hydrogen-bond acceptors (Lipinski definition) is 7. The fourth-order valence-corrected chi connectivity index (χ4v) is 4.28. The second kappa shape index (κ2) is 11.8. The molecule has 0 saturated carbocycles. The van der Waals surface area contributed by atoms with Gasteiger partial charge in [0.1, 0.15) is 48.6 Å². The van der Waals surface area contributed by atoms with Gasteiger partial charge >= 0.3 is 0 Å². The molecule has 0 atom stereocenters. The summed E-state index contributed by atoms with van der Waals surface area (Å²) in [4.78, 5) is 1.99. The van der Waals surface area contributed by atoms with Crippen LogP contribution in [0.15, 0.2) is 59.6 Å². The number of methoxy groups -OCH3 is 6. The fraction of sp³-hybridized carbons (Fsp3) is 0.345. The summed E-state index contributed by atoms with van der Waals surface area (Å²) in [5.74, 6) is 3.63. The second-order valence-corrected chi connectivity index (χ2v) is 8.65. The first kappa shape index (κ1) is 27.5. The highest BCUT2D eigenvalue weighted by Crippen LogP contribution is 2.50. The maximum absolute atomic E-state index is 5.96. The van der Waals surface area contributed by atoms with Crippen LogP contribution in [0.1, 0.15) is 11.1 Å². The Hall–Kier alpha value is -4.07. The first-order valence-electron chi connectivity index (χ1n) is 11.7. The third-order valence-electron chi connectivity index (χ3n) is 6.19. The molecule has 0 radical (unpaired) electrons.